The van der Waals surface area contributed by atoms with Crippen LogP contribution in [0.4, 0.5) is 0 Å². The van der Waals surface area contributed by atoms with Gasteiger partial charge in [0.15, 0.2) is 0 Å². The number of aliphatic carboxylic acids is 1. The zero-order valence-corrected chi connectivity index (χ0v) is 22.8. The van der Waals surface area contributed by atoms with E-state index < -0.39 is 5.97 Å². The molecule has 2 aromatic carbocycles. The molecule has 176 valence electrons. The molecule has 0 saturated carbocycles. The second-order valence-electron chi connectivity index (χ2n) is 7.51. The fraction of sp³-hybridized carbons (Fsp3) is 0.167. The maximum absolute atomic E-state index is 11.2. The fourth-order valence-electron chi connectivity index (χ4n) is 3.57. The molecule has 0 amide bonds. The molecule has 0 aliphatic carbocycles. The normalized spacial score (nSPS) is 11.6. The van der Waals surface area contributed by atoms with E-state index in [2.05, 4.69) is 15.2 Å². The van der Waals surface area contributed by atoms with Gasteiger partial charge in [0.05, 0.1) is 10.0 Å². The number of hydrogen-bond donors (Lipinski definition) is 1. The third-order valence-electron chi connectivity index (χ3n) is 5.36. The summed E-state index contributed by atoms with van der Waals surface area (Å²) in [7, 11) is 1.62. The van der Waals surface area contributed by atoms with E-state index in [0.717, 1.165) is 33.2 Å². The van der Waals surface area contributed by atoms with Crippen molar-refractivity contribution in [2.75, 3.05) is 7.11 Å². The van der Waals surface area contributed by atoms with Crippen molar-refractivity contribution in [3.8, 4) is 17.0 Å². The molecule has 0 fully saturated rings. The number of fused-ring (bicyclic) bond motifs is 1. The summed E-state index contributed by atoms with van der Waals surface area (Å²) in [5, 5.41) is 21.0. The summed E-state index contributed by atoms with van der Waals surface area (Å²) in [6.07, 6.45) is 4.01. The van der Waals surface area contributed by atoms with Crippen molar-refractivity contribution < 1.29 is 14.6 Å². The number of rotatable bonds is 7. The average molecular weight is 581 g/mol. The van der Waals surface area contributed by atoms with Gasteiger partial charge in [-0.05, 0) is 0 Å². The van der Waals surface area contributed by atoms with Crippen LogP contribution in [0.25, 0.3) is 22.0 Å². The van der Waals surface area contributed by atoms with E-state index in [1.165, 1.54) is 16.9 Å². The second kappa shape index (κ2) is 11.4. The first-order chi connectivity index (χ1) is 15.9. The number of pyridine rings is 1. The van der Waals surface area contributed by atoms with Crippen molar-refractivity contribution >= 4 is 69.2 Å². The summed E-state index contributed by atoms with van der Waals surface area (Å²) in [6.45, 7) is 0. The van der Waals surface area contributed by atoms with E-state index in [4.69, 9.17) is 27.9 Å². The summed E-state index contributed by atoms with van der Waals surface area (Å²) < 4.78 is 5.05. The van der Waals surface area contributed by atoms with Crippen LogP contribution in [0.1, 0.15) is 16.8 Å². The van der Waals surface area contributed by atoms with Crippen molar-refractivity contribution in [2.24, 2.45) is 0 Å². The van der Waals surface area contributed by atoms with E-state index in [9.17, 15) is 9.90 Å². The molecule has 4 rings (SSSR count). The number of aromatic nitrogens is 3. The average Bonchev–Trinajstić information content (AvgIpc) is 2.81. The van der Waals surface area contributed by atoms with Crippen LogP contribution in [0.15, 0.2) is 54.9 Å². The Kier molecular flexibility index (Phi) is 8.77. The minimum absolute atomic E-state index is 0. The first-order valence-electron chi connectivity index (χ1n) is 10.1. The summed E-state index contributed by atoms with van der Waals surface area (Å²) in [4.78, 5) is 15.2. The molecule has 0 aliphatic rings. The Balaban J connectivity index is 0.00000324. The smallest absolute Gasteiger partial charge is 0.147 e. The molecule has 6 nitrogen and oxygen atoms in total. The molecular formula is C24H21AsCl3N3O3. The molecule has 2 unspecified atom stereocenters. The van der Waals surface area contributed by atoms with Gasteiger partial charge in [0, 0.05) is 12.4 Å². The Morgan fingerprint density at radius 1 is 1.06 bits per heavy atom. The zero-order valence-electron chi connectivity index (χ0n) is 18.0. The van der Waals surface area contributed by atoms with Crippen molar-refractivity contribution in [2.45, 2.75) is 17.5 Å². The van der Waals surface area contributed by atoms with Gasteiger partial charge >= 0.3 is 159 Å². The molecular weight excluding hydrogens is 560 g/mol. The van der Waals surface area contributed by atoms with Gasteiger partial charge in [0.2, 0.25) is 0 Å². The molecule has 0 saturated heterocycles. The Morgan fingerprint density at radius 3 is 2.35 bits per heavy atom. The van der Waals surface area contributed by atoms with Gasteiger partial charge < -0.3 is 0 Å². The number of hydrogen-bond acceptors (Lipinski definition) is 5. The minimum atomic E-state index is -0.784. The first kappa shape index (κ1) is 26.2. The van der Waals surface area contributed by atoms with Crippen LogP contribution >= 0.6 is 35.6 Å². The third kappa shape index (κ3) is 5.64. The molecule has 0 bridgehead atoms. The molecule has 0 spiro atoms. The van der Waals surface area contributed by atoms with Gasteiger partial charge in [-0.25, -0.2) is 0 Å². The molecule has 10 heteroatoms. The maximum Gasteiger partial charge on any atom is -0.147 e. The Bertz CT molecular complexity index is 1320. The predicted molar refractivity (Wildman–Crippen MR) is 139 cm³/mol. The number of carboxylic acids is 1. The van der Waals surface area contributed by atoms with Crippen molar-refractivity contribution in [1.82, 2.24) is 15.2 Å². The SMILES string of the molecule is COc1ccc2c(Cc3c(Cl)cncc3Cl)nnc(-c3ccc(CC([AsH2])C(=O)O)cc3)c2c1.Cl. The van der Waals surface area contributed by atoms with Crippen LogP contribution in [-0.2, 0) is 17.6 Å². The summed E-state index contributed by atoms with van der Waals surface area (Å²) in [5.41, 5.74) is 4.03. The van der Waals surface area contributed by atoms with Gasteiger partial charge in [-0.3, -0.25) is 4.98 Å². The van der Waals surface area contributed by atoms with Crippen LogP contribution in [0.2, 0.25) is 14.8 Å². The van der Waals surface area contributed by atoms with E-state index in [1.807, 2.05) is 42.5 Å². The number of ether oxygens (including phenoxy) is 1. The van der Waals surface area contributed by atoms with E-state index in [-0.39, 0.29) is 17.1 Å². The molecule has 0 radical (unpaired) electrons. The minimum Gasteiger partial charge on any atom is -0.147 e. The quantitative estimate of drug-likeness (QED) is 0.308. The zero-order chi connectivity index (χ0) is 23.5. The standard InChI is InChI=1S/C24H20AsCl2N3O3.ClH/c1-33-15-6-7-16-17(9-15)23(14-4-2-13(3-5-14)8-19(25)24(31)32)30-29-22(16)10-18-20(26)11-28-12-21(18)27;/h2-7,9,11-12,19H,8,10,25H2,1H3,(H,31,32);1H. The van der Waals surface area contributed by atoms with Crippen molar-refractivity contribution in [3.63, 3.8) is 0 Å². The van der Waals surface area contributed by atoms with Crippen LogP contribution in [0, 0.1) is 0 Å². The first-order valence-corrected chi connectivity index (χ1v) is 12.2. The van der Waals surface area contributed by atoms with E-state index in [1.54, 1.807) is 19.5 Å². The number of halogens is 3. The Labute approximate surface area is 221 Å². The number of methoxy groups -OCH3 is 1. The molecule has 34 heavy (non-hydrogen) atoms. The van der Waals surface area contributed by atoms with Gasteiger partial charge in [-0.2, -0.15) is 0 Å². The van der Waals surface area contributed by atoms with E-state index in [0.29, 0.717) is 34.3 Å². The number of nitrogens with zero attached hydrogens (tertiary/aromatic N) is 3. The Morgan fingerprint density at radius 2 is 1.74 bits per heavy atom. The number of carbonyl (C=O) groups is 1. The van der Waals surface area contributed by atoms with Gasteiger partial charge in [-0.15, -0.1) is 12.4 Å². The summed E-state index contributed by atoms with van der Waals surface area (Å²) in [6, 6.07) is 13.5. The summed E-state index contributed by atoms with van der Waals surface area (Å²) >= 11 is 13.9. The van der Waals surface area contributed by atoms with Crippen molar-refractivity contribution in [1.29, 1.82) is 0 Å². The summed E-state index contributed by atoms with van der Waals surface area (Å²) in [5.74, 6) is -0.0789. The monoisotopic (exact) mass is 579 g/mol. The topological polar surface area (TPSA) is 85.2 Å². The number of benzene rings is 2. The maximum atomic E-state index is 11.2. The molecule has 0 aliphatic heterocycles. The second-order valence-corrected chi connectivity index (χ2v) is 10.0. The van der Waals surface area contributed by atoms with Crippen LogP contribution < -0.4 is 4.74 Å². The molecule has 4 aromatic rings. The van der Waals surface area contributed by atoms with Gasteiger partial charge in [0.1, 0.15) is 0 Å². The fourth-order valence-corrected chi connectivity index (χ4v) is 4.64. The van der Waals surface area contributed by atoms with Crippen LogP contribution in [0.3, 0.4) is 0 Å². The van der Waals surface area contributed by atoms with Crippen LogP contribution in [0.5, 0.6) is 5.75 Å². The molecule has 1 N–H and O–H groups in total. The van der Waals surface area contributed by atoms with Crippen molar-refractivity contribution in [3.05, 3.63) is 81.7 Å². The molecule has 2 aromatic heterocycles. The number of carboxylic acid groups (broad SMARTS) is 1. The Hall–Kier alpha value is -2.37. The molecule has 2 heterocycles. The van der Waals surface area contributed by atoms with Crippen LogP contribution in [-0.4, -0.2) is 50.2 Å². The third-order valence-corrected chi connectivity index (χ3v) is 7.10. The predicted octanol–water partition coefficient (Wildman–Crippen LogP) is 5.07. The van der Waals surface area contributed by atoms with Gasteiger partial charge in [-0.1, -0.05) is 23.2 Å². The van der Waals surface area contributed by atoms with Gasteiger partial charge in [0.25, 0.3) is 0 Å². The largest absolute Gasteiger partial charge is 0.147 e. The van der Waals surface area contributed by atoms with E-state index >= 15 is 0 Å². The molecule has 2 atom stereocenters.